The fraction of sp³-hybridized carbons (Fsp3) is 0.750. The van der Waals surface area contributed by atoms with Gasteiger partial charge in [-0.25, -0.2) is 9.97 Å². The molecule has 5 nitrogen and oxygen atoms in total. The normalized spacial score (nSPS) is 22.3. The molecule has 0 aromatic carbocycles. The van der Waals surface area contributed by atoms with Crippen LogP contribution in [0.25, 0.3) is 0 Å². The Balaban J connectivity index is 2.23. The summed E-state index contributed by atoms with van der Waals surface area (Å²) < 4.78 is 0. The molecule has 0 spiro atoms. The van der Waals surface area contributed by atoms with Gasteiger partial charge in [0.15, 0.2) is 0 Å². The van der Waals surface area contributed by atoms with Gasteiger partial charge in [0.1, 0.15) is 17.5 Å². The monoisotopic (exact) mass is 292 g/mol. The lowest BCUT2D eigenvalue weighted by atomic mass is 9.95. The Labute approximate surface area is 127 Å². The molecule has 0 radical (unpaired) electrons. The Hall–Kier alpha value is -1.36. The van der Waals surface area contributed by atoms with Crippen molar-refractivity contribution >= 4 is 11.6 Å². The smallest absolute Gasteiger partial charge is 0.138 e. The van der Waals surface area contributed by atoms with Gasteiger partial charge in [0.05, 0.1) is 0 Å². The highest BCUT2D eigenvalue weighted by Gasteiger charge is 2.27. The number of anilines is 2. The third kappa shape index (κ3) is 4.06. The Morgan fingerprint density at radius 3 is 2.57 bits per heavy atom. The van der Waals surface area contributed by atoms with Crippen LogP contribution in [0.2, 0.25) is 0 Å². The van der Waals surface area contributed by atoms with Crippen molar-refractivity contribution in [2.75, 3.05) is 23.8 Å². The van der Waals surface area contributed by atoms with Crippen LogP contribution in [0, 0.1) is 5.92 Å². The summed E-state index contributed by atoms with van der Waals surface area (Å²) in [5.41, 5.74) is -0.0894. The minimum atomic E-state index is -0.0894. The quantitative estimate of drug-likeness (QED) is 0.778. The van der Waals surface area contributed by atoms with E-state index in [4.69, 9.17) is 0 Å². The summed E-state index contributed by atoms with van der Waals surface area (Å²) in [5.74, 6) is 2.89. The Bertz CT molecular complexity index is 470. The third-order valence-electron chi connectivity index (χ3n) is 3.98. The highest BCUT2D eigenvalue weighted by molar-refractivity contribution is 5.49. The lowest BCUT2D eigenvalue weighted by Gasteiger charge is -2.23. The molecule has 2 unspecified atom stereocenters. The molecule has 1 fully saturated rings. The molecule has 5 heteroatoms. The highest BCUT2D eigenvalue weighted by atomic mass is 16.3. The molecular formula is C16H28N4O. The van der Waals surface area contributed by atoms with Gasteiger partial charge in [0.2, 0.25) is 0 Å². The van der Waals surface area contributed by atoms with Gasteiger partial charge < -0.3 is 15.7 Å². The van der Waals surface area contributed by atoms with Gasteiger partial charge in [-0.1, -0.05) is 27.2 Å². The first-order chi connectivity index (χ1) is 9.94. The van der Waals surface area contributed by atoms with E-state index >= 15 is 0 Å². The van der Waals surface area contributed by atoms with Gasteiger partial charge in [-0.3, -0.25) is 0 Å². The summed E-state index contributed by atoms with van der Waals surface area (Å²) in [4.78, 5) is 9.27. The highest BCUT2D eigenvalue weighted by Crippen LogP contribution is 2.29. The van der Waals surface area contributed by atoms with Gasteiger partial charge in [-0.05, 0) is 19.8 Å². The number of aliphatic hydroxyl groups excluding tert-OH is 1. The largest absolute Gasteiger partial charge is 0.396 e. The van der Waals surface area contributed by atoms with Crippen molar-refractivity contribution in [2.45, 2.75) is 58.4 Å². The molecule has 2 atom stereocenters. The molecule has 2 rings (SSSR count). The van der Waals surface area contributed by atoms with Crippen LogP contribution in [-0.2, 0) is 5.41 Å². The second-order valence-corrected chi connectivity index (χ2v) is 6.87. The van der Waals surface area contributed by atoms with Gasteiger partial charge >= 0.3 is 0 Å². The van der Waals surface area contributed by atoms with Gasteiger partial charge in [0.25, 0.3) is 0 Å². The predicted octanol–water partition coefficient (Wildman–Crippen LogP) is 2.78. The number of aromatic nitrogens is 2. The van der Waals surface area contributed by atoms with Crippen molar-refractivity contribution in [3.63, 3.8) is 0 Å². The molecule has 3 N–H and O–H groups in total. The van der Waals surface area contributed by atoms with Crippen molar-refractivity contribution in [3.8, 4) is 0 Å². The fourth-order valence-corrected chi connectivity index (χ4v) is 2.76. The first-order valence-corrected chi connectivity index (χ1v) is 7.95. The van der Waals surface area contributed by atoms with Crippen LogP contribution in [0.4, 0.5) is 11.6 Å². The number of nitrogens with zero attached hydrogens (tertiary/aromatic N) is 2. The SMILES string of the molecule is CCNc1cc(NC2CCCC2CO)nc(C(C)(C)C)n1. The summed E-state index contributed by atoms with van der Waals surface area (Å²) in [7, 11) is 0. The molecule has 1 heterocycles. The molecule has 1 aromatic rings. The predicted molar refractivity (Wildman–Crippen MR) is 86.7 cm³/mol. The van der Waals surface area contributed by atoms with Crippen molar-refractivity contribution in [1.29, 1.82) is 0 Å². The maximum absolute atomic E-state index is 9.45. The fourth-order valence-electron chi connectivity index (χ4n) is 2.76. The van der Waals surface area contributed by atoms with Crippen LogP contribution in [-0.4, -0.2) is 34.3 Å². The molecule has 1 aromatic heterocycles. The Kier molecular flexibility index (Phi) is 5.04. The van der Waals surface area contributed by atoms with Gasteiger partial charge in [-0.15, -0.1) is 0 Å². The summed E-state index contributed by atoms with van der Waals surface area (Å²) in [6, 6.07) is 2.28. The number of hydrogen-bond donors (Lipinski definition) is 3. The molecule has 118 valence electrons. The van der Waals surface area contributed by atoms with Crippen LogP contribution in [0.3, 0.4) is 0 Å². The first-order valence-electron chi connectivity index (χ1n) is 7.95. The van der Waals surface area contributed by atoms with Crippen LogP contribution in [0.1, 0.15) is 52.8 Å². The van der Waals surface area contributed by atoms with Crippen LogP contribution in [0.5, 0.6) is 0 Å². The zero-order chi connectivity index (χ0) is 15.5. The van der Waals surface area contributed by atoms with E-state index in [2.05, 4.69) is 48.3 Å². The summed E-state index contributed by atoms with van der Waals surface area (Å²) in [5, 5.41) is 16.2. The van der Waals surface area contributed by atoms with E-state index in [1.54, 1.807) is 0 Å². The van der Waals surface area contributed by atoms with Crippen molar-refractivity contribution < 1.29 is 5.11 Å². The lowest BCUT2D eigenvalue weighted by Crippen LogP contribution is -2.28. The maximum Gasteiger partial charge on any atom is 0.138 e. The van der Waals surface area contributed by atoms with Crippen LogP contribution < -0.4 is 10.6 Å². The van der Waals surface area contributed by atoms with Gasteiger partial charge in [-0.2, -0.15) is 0 Å². The standard InChI is InChI=1S/C16H28N4O/c1-5-17-13-9-14(20-15(19-13)16(2,3)4)18-12-8-6-7-11(12)10-21/h9,11-12,21H,5-8,10H2,1-4H3,(H2,17,18,19,20). The third-order valence-corrected chi connectivity index (χ3v) is 3.98. The van der Waals surface area contributed by atoms with E-state index in [-0.39, 0.29) is 12.0 Å². The molecule has 21 heavy (non-hydrogen) atoms. The zero-order valence-electron chi connectivity index (χ0n) is 13.6. The van der Waals surface area contributed by atoms with E-state index < -0.39 is 0 Å². The van der Waals surface area contributed by atoms with Crippen molar-refractivity contribution in [2.24, 2.45) is 5.92 Å². The van der Waals surface area contributed by atoms with E-state index in [1.165, 1.54) is 6.42 Å². The maximum atomic E-state index is 9.45. The Morgan fingerprint density at radius 1 is 1.24 bits per heavy atom. The number of hydrogen-bond acceptors (Lipinski definition) is 5. The van der Waals surface area contributed by atoms with E-state index in [0.29, 0.717) is 12.0 Å². The number of rotatable bonds is 5. The molecule has 0 amide bonds. The molecule has 0 bridgehead atoms. The zero-order valence-corrected chi connectivity index (χ0v) is 13.6. The van der Waals surface area contributed by atoms with E-state index in [0.717, 1.165) is 36.8 Å². The lowest BCUT2D eigenvalue weighted by molar-refractivity contribution is 0.222. The average molecular weight is 292 g/mol. The minimum absolute atomic E-state index is 0.0894. The molecule has 1 aliphatic carbocycles. The van der Waals surface area contributed by atoms with E-state index in [1.807, 2.05) is 6.07 Å². The molecule has 1 saturated carbocycles. The molecule has 1 aliphatic rings. The average Bonchev–Trinajstić information content (AvgIpc) is 2.85. The second-order valence-electron chi connectivity index (χ2n) is 6.87. The van der Waals surface area contributed by atoms with Crippen molar-refractivity contribution in [1.82, 2.24) is 9.97 Å². The summed E-state index contributed by atoms with van der Waals surface area (Å²) in [6.07, 6.45) is 3.35. The Morgan fingerprint density at radius 2 is 1.95 bits per heavy atom. The summed E-state index contributed by atoms with van der Waals surface area (Å²) in [6.45, 7) is 9.50. The molecule has 0 aliphatic heterocycles. The topological polar surface area (TPSA) is 70.1 Å². The number of nitrogens with one attached hydrogen (secondary N) is 2. The minimum Gasteiger partial charge on any atom is -0.396 e. The molecular weight excluding hydrogens is 264 g/mol. The second kappa shape index (κ2) is 6.60. The number of aliphatic hydroxyl groups is 1. The van der Waals surface area contributed by atoms with Gasteiger partial charge in [0, 0.05) is 36.6 Å². The molecule has 0 saturated heterocycles. The first kappa shape index (κ1) is 16.0. The van der Waals surface area contributed by atoms with Crippen molar-refractivity contribution in [3.05, 3.63) is 11.9 Å². The van der Waals surface area contributed by atoms with Crippen LogP contribution in [0.15, 0.2) is 6.07 Å². The summed E-state index contributed by atoms with van der Waals surface area (Å²) >= 11 is 0. The van der Waals surface area contributed by atoms with Crippen LogP contribution >= 0.6 is 0 Å². The van der Waals surface area contributed by atoms with E-state index in [9.17, 15) is 5.11 Å².